The molecule has 0 spiro atoms. The minimum atomic E-state index is -0.560. The van der Waals surface area contributed by atoms with Gasteiger partial charge in [0.2, 0.25) is 0 Å². The van der Waals surface area contributed by atoms with Crippen LogP contribution >= 0.6 is 0 Å². The van der Waals surface area contributed by atoms with Gasteiger partial charge in [-0.05, 0) is 63.5 Å². The molecule has 2 rings (SSSR count). The van der Waals surface area contributed by atoms with Crippen LogP contribution < -0.4 is 0 Å². The van der Waals surface area contributed by atoms with Crippen LogP contribution in [0.25, 0.3) is 0 Å². The second-order valence-electron chi connectivity index (χ2n) is 5.67. The van der Waals surface area contributed by atoms with Crippen molar-refractivity contribution in [2.45, 2.75) is 38.3 Å². The van der Waals surface area contributed by atoms with Gasteiger partial charge in [-0.15, -0.1) is 0 Å². The standard InChI is InChI=1S/C13H24FNO/c1-15-7-6-13(11(8-15)9-16)10-2-4-12(14)5-3-10/h10-13,16H,2-9H2,1H3. The molecule has 3 heteroatoms. The molecule has 1 aliphatic carbocycles. The molecule has 2 fully saturated rings. The summed E-state index contributed by atoms with van der Waals surface area (Å²) in [5.74, 6) is 1.71. The minimum absolute atomic E-state index is 0.296. The fourth-order valence-corrected chi connectivity index (χ4v) is 3.55. The maximum absolute atomic E-state index is 13.1. The van der Waals surface area contributed by atoms with Crippen molar-refractivity contribution in [3.8, 4) is 0 Å². The van der Waals surface area contributed by atoms with Crippen molar-refractivity contribution >= 4 is 0 Å². The summed E-state index contributed by atoms with van der Waals surface area (Å²) in [6, 6.07) is 0. The van der Waals surface area contributed by atoms with Crippen molar-refractivity contribution in [1.82, 2.24) is 4.90 Å². The highest BCUT2D eigenvalue weighted by molar-refractivity contribution is 4.86. The third-order valence-electron chi connectivity index (χ3n) is 4.54. The lowest BCUT2D eigenvalue weighted by Crippen LogP contribution is -2.43. The number of aliphatic hydroxyl groups excluding tert-OH is 1. The highest BCUT2D eigenvalue weighted by atomic mass is 19.1. The maximum atomic E-state index is 13.1. The summed E-state index contributed by atoms with van der Waals surface area (Å²) in [5.41, 5.74) is 0. The SMILES string of the molecule is CN1CCC(C2CCC(F)CC2)C(CO)C1. The third kappa shape index (κ3) is 2.75. The number of aliphatic hydroxyl groups is 1. The molecule has 2 nitrogen and oxygen atoms in total. The summed E-state index contributed by atoms with van der Waals surface area (Å²) < 4.78 is 13.1. The van der Waals surface area contributed by atoms with Gasteiger partial charge in [0.25, 0.3) is 0 Å². The van der Waals surface area contributed by atoms with Gasteiger partial charge in [-0.3, -0.25) is 0 Å². The molecule has 0 aromatic rings. The fourth-order valence-electron chi connectivity index (χ4n) is 3.55. The van der Waals surface area contributed by atoms with Crippen LogP contribution in [0, 0.1) is 17.8 Å². The van der Waals surface area contributed by atoms with E-state index in [2.05, 4.69) is 11.9 Å². The van der Waals surface area contributed by atoms with E-state index in [1.165, 1.54) is 6.42 Å². The average Bonchev–Trinajstić information content (AvgIpc) is 2.30. The predicted molar refractivity (Wildman–Crippen MR) is 63.0 cm³/mol. The van der Waals surface area contributed by atoms with Gasteiger partial charge in [0.05, 0.1) is 0 Å². The topological polar surface area (TPSA) is 23.5 Å². The van der Waals surface area contributed by atoms with E-state index in [9.17, 15) is 9.50 Å². The Morgan fingerprint density at radius 3 is 2.50 bits per heavy atom. The normalized spacial score (nSPS) is 42.2. The summed E-state index contributed by atoms with van der Waals surface area (Å²) >= 11 is 0. The Morgan fingerprint density at radius 2 is 1.88 bits per heavy atom. The van der Waals surface area contributed by atoms with E-state index in [0.29, 0.717) is 24.4 Å². The number of likely N-dealkylation sites (tertiary alicyclic amines) is 1. The Labute approximate surface area is 97.8 Å². The van der Waals surface area contributed by atoms with E-state index in [1.54, 1.807) is 0 Å². The Balaban J connectivity index is 1.91. The molecule has 94 valence electrons. The molecular weight excluding hydrogens is 205 g/mol. The van der Waals surface area contributed by atoms with Gasteiger partial charge in [-0.2, -0.15) is 0 Å². The lowest BCUT2D eigenvalue weighted by atomic mass is 9.71. The first-order chi connectivity index (χ1) is 7.70. The second-order valence-corrected chi connectivity index (χ2v) is 5.67. The van der Waals surface area contributed by atoms with Gasteiger partial charge in [-0.25, -0.2) is 4.39 Å². The average molecular weight is 229 g/mol. The molecule has 1 saturated heterocycles. The molecule has 1 saturated carbocycles. The Morgan fingerprint density at radius 1 is 1.19 bits per heavy atom. The van der Waals surface area contributed by atoms with Crippen LogP contribution in [-0.2, 0) is 0 Å². The predicted octanol–water partition coefficient (Wildman–Crippen LogP) is 2.07. The first kappa shape index (κ1) is 12.3. The molecule has 0 aromatic carbocycles. The Hall–Kier alpha value is -0.150. The van der Waals surface area contributed by atoms with Gasteiger partial charge in [-0.1, -0.05) is 0 Å². The van der Waals surface area contributed by atoms with Crippen LogP contribution in [0.2, 0.25) is 0 Å². The summed E-state index contributed by atoms with van der Waals surface area (Å²) in [7, 11) is 2.12. The number of hydrogen-bond acceptors (Lipinski definition) is 2. The van der Waals surface area contributed by atoms with Gasteiger partial charge in [0.15, 0.2) is 0 Å². The van der Waals surface area contributed by atoms with Crippen molar-refractivity contribution in [1.29, 1.82) is 0 Å². The highest BCUT2D eigenvalue weighted by Crippen LogP contribution is 2.38. The van der Waals surface area contributed by atoms with Gasteiger partial charge in [0, 0.05) is 13.2 Å². The van der Waals surface area contributed by atoms with E-state index < -0.39 is 6.17 Å². The van der Waals surface area contributed by atoms with Gasteiger partial charge in [0.1, 0.15) is 6.17 Å². The molecule has 0 radical (unpaired) electrons. The molecule has 1 aliphatic heterocycles. The van der Waals surface area contributed by atoms with E-state index in [-0.39, 0.29) is 0 Å². The minimum Gasteiger partial charge on any atom is -0.396 e. The van der Waals surface area contributed by atoms with Crippen LogP contribution in [0.1, 0.15) is 32.1 Å². The van der Waals surface area contributed by atoms with E-state index in [4.69, 9.17) is 0 Å². The first-order valence-corrected chi connectivity index (χ1v) is 6.64. The summed E-state index contributed by atoms with van der Waals surface area (Å²) in [6.45, 7) is 2.44. The molecule has 0 amide bonds. The number of rotatable bonds is 2. The van der Waals surface area contributed by atoms with E-state index in [1.807, 2.05) is 0 Å². The monoisotopic (exact) mass is 229 g/mol. The van der Waals surface area contributed by atoms with Crippen LogP contribution in [-0.4, -0.2) is 42.9 Å². The van der Waals surface area contributed by atoms with Crippen molar-refractivity contribution < 1.29 is 9.50 Å². The quantitative estimate of drug-likeness (QED) is 0.783. The van der Waals surface area contributed by atoms with E-state index >= 15 is 0 Å². The number of nitrogens with zero attached hydrogens (tertiary/aromatic N) is 1. The molecule has 0 bridgehead atoms. The lowest BCUT2D eigenvalue weighted by Gasteiger charge is -2.41. The van der Waals surface area contributed by atoms with Crippen LogP contribution in [0.15, 0.2) is 0 Å². The lowest BCUT2D eigenvalue weighted by molar-refractivity contribution is 0.0344. The van der Waals surface area contributed by atoms with Gasteiger partial charge >= 0.3 is 0 Å². The molecule has 2 aliphatic rings. The first-order valence-electron chi connectivity index (χ1n) is 6.64. The largest absolute Gasteiger partial charge is 0.396 e. The van der Waals surface area contributed by atoms with Crippen molar-refractivity contribution in [3.63, 3.8) is 0 Å². The van der Waals surface area contributed by atoms with Crippen LogP contribution in [0.5, 0.6) is 0 Å². The molecule has 0 aromatic heterocycles. The Kier molecular flexibility index (Phi) is 4.20. The summed E-state index contributed by atoms with van der Waals surface area (Å²) in [4.78, 5) is 2.30. The molecular formula is C13H24FNO. The number of alkyl halides is 1. The molecule has 16 heavy (non-hydrogen) atoms. The van der Waals surface area contributed by atoms with E-state index in [0.717, 1.165) is 38.8 Å². The van der Waals surface area contributed by atoms with Crippen LogP contribution in [0.3, 0.4) is 0 Å². The molecule has 2 unspecified atom stereocenters. The number of hydrogen-bond donors (Lipinski definition) is 1. The fraction of sp³-hybridized carbons (Fsp3) is 1.00. The Bertz CT molecular complexity index is 216. The molecule has 1 heterocycles. The van der Waals surface area contributed by atoms with Gasteiger partial charge < -0.3 is 10.0 Å². The second kappa shape index (κ2) is 5.46. The highest BCUT2D eigenvalue weighted by Gasteiger charge is 2.35. The molecule has 1 N–H and O–H groups in total. The van der Waals surface area contributed by atoms with Crippen molar-refractivity contribution in [3.05, 3.63) is 0 Å². The zero-order chi connectivity index (χ0) is 11.5. The summed E-state index contributed by atoms with van der Waals surface area (Å²) in [6.07, 6.45) is 4.18. The zero-order valence-electron chi connectivity index (χ0n) is 10.2. The molecule has 2 atom stereocenters. The smallest absolute Gasteiger partial charge is 0.100 e. The summed E-state index contributed by atoms with van der Waals surface area (Å²) in [5, 5.41) is 9.46. The number of halogens is 1. The zero-order valence-corrected chi connectivity index (χ0v) is 10.2. The third-order valence-corrected chi connectivity index (χ3v) is 4.54. The van der Waals surface area contributed by atoms with Crippen LogP contribution in [0.4, 0.5) is 4.39 Å². The maximum Gasteiger partial charge on any atom is 0.100 e. The number of piperidine rings is 1. The van der Waals surface area contributed by atoms with Crippen molar-refractivity contribution in [2.24, 2.45) is 17.8 Å². The van der Waals surface area contributed by atoms with Crippen molar-refractivity contribution in [2.75, 3.05) is 26.7 Å².